The molecule has 0 spiro atoms. The third-order valence-electron chi connectivity index (χ3n) is 3.33. The zero-order chi connectivity index (χ0) is 13.2. The summed E-state index contributed by atoms with van der Waals surface area (Å²) in [5, 5.41) is 3.63. The van der Waals surface area contributed by atoms with Crippen molar-refractivity contribution in [2.75, 3.05) is 6.54 Å². The summed E-state index contributed by atoms with van der Waals surface area (Å²) in [5.74, 6) is 0. The van der Waals surface area contributed by atoms with Crippen molar-refractivity contribution in [1.82, 2.24) is 5.32 Å². The Morgan fingerprint density at radius 1 is 1.06 bits per heavy atom. The minimum absolute atomic E-state index is 0.532. The van der Waals surface area contributed by atoms with Crippen LogP contribution in [0.1, 0.15) is 64.0 Å². The lowest BCUT2D eigenvalue weighted by atomic mass is 10.00. The summed E-state index contributed by atoms with van der Waals surface area (Å²) in [6, 6.07) is 9.28. The van der Waals surface area contributed by atoms with Crippen LogP contribution in [0.5, 0.6) is 0 Å². The Morgan fingerprint density at radius 3 is 2.44 bits per heavy atom. The Morgan fingerprint density at radius 2 is 1.78 bits per heavy atom. The van der Waals surface area contributed by atoms with Crippen molar-refractivity contribution >= 4 is 22.6 Å². The molecule has 0 fully saturated rings. The van der Waals surface area contributed by atoms with E-state index in [0.717, 1.165) is 6.54 Å². The van der Waals surface area contributed by atoms with Crippen LogP contribution in [0.15, 0.2) is 24.3 Å². The minimum atomic E-state index is 0.532. The van der Waals surface area contributed by atoms with E-state index in [-0.39, 0.29) is 0 Å². The van der Waals surface area contributed by atoms with Gasteiger partial charge in [0.2, 0.25) is 0 Å². The number of benzene rings is 1. The van der Waals surface area contributed by atoms with Gasteiger partial charge in [0, 0.05) is 9.61 Å². The van der Waals surface area contributed by atoms with Crippen LogP contribution in [0.4, 0.5) is 0 Å². The number of nitrogens with one attached hydrogen (secondary N) is 1. The normalized spacial score (nSPS) is 12.6. The van der Waals surface area contributed by atoms with Crippen molar-refractivity contribution in [2.45, 2.75) is 58.4 Å². The predicted molar refractivity (Wildman–Crippen MR) is 89.0 cm³/mol. The van der Waals surface area contributed by atoms with Crippen molar-refractivity contribution in [3.05, 3.63) is 33.4 Å². The molecule has 0 saturated heterocycles. The van der Waals surface area contributed by atoms with Gasteiger partial charge in [-0.2, -0.15) is 0 Å². The molecule has 1 aromatic carbocycles. The summed E-state index contributed by atoms with van der Waals surface area (Å²) in [5.41, 5.74) is 1.47. The van der Waals surface area contributed by atoms with Crippen LogP contribution in [0.3, 0.4) is 0 Å². The minimum Gasteiger partial charge on any atom is -0.310 e. The second-order valence-electron chi connectivity index (χ2n) is 4.83. The summed E-state index contributed by atoms with van der Waals surface area (Å²) in [6.07, 6.45) is 8.07. The Hall–Kier alpha value is -0.0900. The highest BCUT2D eigenvalue weighted by Crippen LogP contribution is 2.24. The van der Waals surface area contributed by atoms with Gasteiger partial charge in [0.15, 0.2) is 0 Å². The van der Waals surface area contributed by atoms with Crippen LogP contribution in [0.2, 0.25) is 0 Å². The van der Waals surface area contributed by atoms with Gasteiger partial charge in [-0.25, -0.2) is 0 Å². The van der Waals surface area contributed by atoms with Crippen LogP contribution in [0.25, 0.3) is 0 Å². The molecular formula is C16H26IN. The summed E-state index contributed by atoms with van der Waals surface area (Å²) >= 11 is 2.45. The van der Waals surface area contributed by atoms with Crippen LogP contribution in [0, 0.1) is 3.57 Å². The van der Waals surface area contributed by atoms with E-state index in [1.54, 1.807) is 0 Å². The van der Waals surface area contributed by atoms with Gasteiger partial charge in [0.1, 0.15) is 0 Å². The molecule has 1 rings (SSSR count). The van der Waals surface area contributed by atoms with Gasteiger partial charge in [0.05, 0.1) is 0 Å². The number of hydrogen-bond donors (Lipinski definition) is 1. The molecule has 0 aromatic heterocycles. The quantitative estimate of drug-likeness (QED) is 0.466. The summed E-state index contributed by atoms with van der Waals surface area (Å²) in [7, 11) is 0. The fraction of sp³-hybridized carbons (Fsp3) is 0.625. The van der Waals surface area contributed by atoms with E-state index >= 15 is 0 Å². The van der Waals surface area contributed by atoms with Crippen LogP contribution >= 0.6 is 22.6 Å². The van der Waals surface area contributed by atoms with Gasteiger partial charge in [-0.15, -0.1) is 0 Å². The Balaban J connectivity index is 2.47. The van der Waals surface area contributed by atoms with Gasteiger partial charge < -0.3 is 5.32 Å². The molecule has 0 aliphatic rings. The van der Waals surface area contributed by atoms with E-state index in [4.69, 9.17) is 0 Å². The van der Waals surface area contributed by atoms with Gasteiger partial charge in [-0.1, -0.05) is 64.2 Å². The first-order valence-corrected chi connectivity index (χ1v) is 8.35. The number of unbranched alkanes of at least 4 members (excludes halogenated alkanes) is 4. The summed E-state index contributed by atoms with van der Waals surface area (Å²) in [4.78, 5) is 0. The number of halogens is 1. The van der Waals surface area contributed by atoms with Crippen molar-refractivity contribution in [3.63, 3.8) is 0 Å². The van der Waals surface area contributed by atoms with E-state index < -0.39 is 0 Å². The summed E-state index contributed by atoms with van der Waals surface area (Å²) in [6.45, 7) is 5.51. The molecule has 1 nitrogen and oxygen atoms in total. The number of hydrogen-bond acceptors (Lipinski definition) is 1. The molecule has 1 atom stereocenters. The smallest absolute Gasteiger partial charge is 0.0330 e. The lowest BCUT2D eigenvalue weighted by molar-refractivity contribution is 0.477. The lowest BCUT2D eigenvalue weighted by Gasteiger charge is -2.19. The van der Waals surface area contributed by atoms with Crippen molar-refractivity contribution < 1.29 is 0 Å². The van der Waals surface area contributed by atoms with E-state index in [9.17, 15) is 0 Å². The monoisotopic (exact) mass is 359 g/mol. The third kappa shape index (κ3) is 5.70. The van der Waals surface area contributed by atoms with Crippen molar-refractivity contribution in [3.8, 4) is 0 Å². The molecule has 0 aliphatic carbocycles. The molecule has 0 aliphatic heterocycles. The second-order valence-corrected chi connectivity index (χ2v) is 6.00. The first kappa shape index (κ1) is 16.0. The molecule has 0 heterocycles. The van der Waals surface area contributed by atoms with E-state index in [1.807, 2.05) is 0 Å². The standard InChI is InChI=1S/C16H26IN/c1-3-5-6-7-8-13-16(18-4-2)14-11-9-10-12-15(14)17/h9-12,16,18H,3-8,13H2,1-2H3. The maximum Gasteiger partial charge on any atom is 0.0330 e. The molecule has 102 valence electrons. The average molecular weight is 359 g/mol. The topological polar surface area (TPSA) is 12.0 Å². The molecule has 0 amide bonds. The van der Waals surface area contributed by atoms with Crippen molar-refractivity contribution in [2.24, 2.45) is 0 Å². The molecule has 2 heteroatoms. The Kier molecular flexibility index (Phi) is 8.68. The van der Waals surface area contributed by atoms with Crippen LogP contribution in [-0.4, -0.2) is 6.54 Å². The lowest BCUT2D eigenvalue weighted by Crippen LogP contribution is -2.21. The van der Waals surface area contributed by atoms with Gasteiger partial charge >= 0.3 is 0 Å². The highest BCUT2D eigenvalue weighted by molar-refractivity contribution is 14.1. The fourth-order valence-electron chi connectivity index (χ4n) is 2.32. The molecule has 18 heavy (non-hydrogen) atoms. The van der Waals surface area contributed by atoms with Gasteiger partial charge in [-0.3, -0.25) is 0 Å². The van der Waals surface area contributed by atoms with E-state index in [0.29, 0.717) is 6.04 Å². The van der Waals surface area contributed by atoms with Crippen LogP contribution in [-0.2, 0) is 0 Å². The molecular weight excluding hydrogens is 333 g/mol. The maximum absolute atomic E-state index is 3.63. The average Bonchev–Trinajstić information content (AvgIpc) is 2.38. The zero-order valence-corrected chi connectivity index (χ0v) is 13.9. The van der Waals surface area contributed by atoms with Gasteiger partial charge in [-0.05, 0) is 47.2 Å². The second kappa shape index (κ2) is 9.79. The van der Waals surface area contributed by atoms with Crippen molar-refractivity contribution in [1.29, 1.82) is 0 Å². The predicted octanol–water partition coefficient (Wildman–Crippen LogP) is 5.30. The highest BCUT2D eigenvalue weighted by Gasteiger charge is 2.12. The van der Waals surface area contributed by atoms with E-state index in [1.165, 1.54) is 47.7 Å². The maximum atomic E-state index is 3.63. The molecule has 0 bridgehead atoms. The van der Waals surface area contributed by atoms with E-state index in [2.05, 4.69) is 66.0 Å². The first-order valence-electron chi connectivity index (χ1n) is 7.27. The Bertz CT molecular complexity index is 325. The zero-order valence-electron chi connectivity index (χ0n) is 11.7. The first-order chi connectivity index (χ1) is 8.79. The SMILES string of the molecule is CCCCCCCC(NCC)c1ccccc1I. The highest BCUT2D eigenvalue weighted by atomic mass is 127. The Labute approximate surface area is 126 Å². The molecule has 1 N–H and O–H groups in total. The number of rotatable bonds is 9. The molecule has 0 radical (unpaired) electrons. The van der Waals surface area contributed by atoms with Crippen LogP contribution < -0.4 is 5.32 Å². The third-order valence-corrected chi connectivity index (χ3v) is 4.31. The molecule has 1 aromatic rings. The fourth-order valence-corrected chi connectivity index (χ4v) is 3.09. The van der Waals surface area contributed by atoms with Gasteiger partial charge in [0.25, 0.3) is 0 Å². The molecule has 1 unspecified atom stereocenters. The summed E-state index contributed by atoms with van der Waals surface area (Å²) < 4.78 is 1.38. The largest absolute Gasteiger partial charge is 0.310 e. The molecule has 0 saturated carbocycles.